The first-order valence-electron chi connectivity index (χ1n) is 9.66. The Hall–Kier alpha value is -3.81. The van der Waals surface area contributed by atoms with Crippen LogP contribution in [-0.2, 0) is 14.4 Å². The van der Waals surface area contributed by atoms with Gasteiger partial charge < -0.3 is 24.6 Å². The van der Waals surface area contributed by atoms with Crippen LogP contribution in [0, 0.1) is 0 Å². The normalized spacial score (nSPS) is 17.6. The lowest BCUT2D eigenvalue weighted by Gasteiger charge is -2.25. The van der Waals surface area contributed by atoms with Crippen molar-refractivity contribution in [1.82, 2.24) is 4.90 Å². The van der Waals surface area contributed by atoms with Gasteiger partial charge in [0.15, 0.2) is 0 Å². The molecule has 0 saturated carbocycles. The van der Waals surface area contributed by atoms with Gasteiger partial charge in [-0.15, -0.1) is 0 Å². The Labute approximate surface area is 179 Å². The zero-order valence-electron chi connectivity index (χ0n) is 17.2. The van der Waals surface area contributed by atoms with Gasteiger partial charge in [0.25, 0.3) is 11.7 Å². The van der Waals surface area contributed by atoms with Crippen molar-refractivity contribution < 1.29 is 34.1 Å². The molecule has 1 heterocycles. The zero-order chi connectivity index (χ0) is 22.5. The second-order valence-electron chi connectivity index (χ2n) is 6.99. The predicted octanol–water partition coefficient (Wildman–Crippen LogP) is 2.99. The van der Waals surface area contributed by atoms with Crippen LogP contribution in [0.15, 0.2) is 54.1 Å². The van der Waals surface area contributed by atoms with Gasteiger partial charge in [-0.05, 0) is 48.4 Å². The van der Waals surface area contributed by atoms with Crippen molar-refractivity contribution in [3.05, 3.63) is 65.2 Å². The molecular formula is C23H23NO7. The van der Waals surface area contributed by atoms with Crippen LogP contribution < -0.4 is 9.47 Å². The Kier molecular flexibility index (Phi) is 6.59. The highest BCUT2D eigenvalue weighted by atomic mass is 16.5. The number of ether oxygens (including phenoxy) is 2. The number of carbonyl (C=O) groups is 3. The van der Waals surface area contributed by atoms with Crippen LogP contribution >= 0.6 is 0 Å². The third kappa shape index (κ3) is 4.53. The van der Waals surface area contributed by atoms with Crippen molar-refractivity contribution in [2.75, 3.05) is 20.8 Å². The zero-order valence-corrected chi connectivity index (χ0v) is 17.2. The van der Waals surface area contributed by atoms with Gasteiger partial charge in [0.2, 0.25) is 0 Å². The largest absolute Gasteiger partial charge is 0.507 e. The Balaban J connectivity index is 2.07. The maximum absolute atomic E-state index is 12.9. The number of methoxy groups -OCH3 is 2. The third-order valence-electron chi connectivity index (χ3n) is 5.12. The summed E-state index contributed by atoms with van der Waals surface area (Å²) in [6.45, 7) is 0.0625. The molecule has 2 aromatic carbocycles. The summed E-state index contributed by atoms with van der Waals surface area (Å²) in [5.74, 6) is -1.71. The van der Waals surface area contributed by atoms with Gasteiger partial charge in [-0.1, -0.05) is 12.1 Å². The van der Waals surface area contributed by atoms with Crippen LogP contribution in [0.5, 0.6) is 11.5 Å². The summed E-state index contributed by atoms with van der Waals surface area (Å²) >= 11 is 0. The van der Waals surface area contributed by atoms with E-state index in [0.29, 0.717) is 22.6 Å². The molecule has 2 aromatic rings. The van der Waals surface area contributed by atoms with Crippen molar-refractivity contribution in [3.63, 3.8) is 0 Å². The molecule has 2 N–H and O–H groups in total. The minimum atomic E-state index is -0.990. The molecule has 1 saturated heterocycles. The van der Waals surface area contributed by atoms with E-state index in [1.807, 2.05) is 0 Å². The van der Waals surface area contributed by atoms with Gasteiger partial charge in [-0.2, -0.15) is 0 Å². The molecule has 0 bridgehead atoms. The van der Waals surface area contributed by atoms with E-state index < -0.39 is 23.7 Å². The average Bonchev–Trinajstić information content (AvgIpc) is 3.03. The number of Topliss-reactive ketones (excluding diaryl/α,β-unsaturated/α-hetero) is 1. The summed E-state index contributed by atoms with van der Waals surface area (Å²) in [5.41, 5.74) is 0.920. The molecule has 3 rings (SSSR count). The van der Waals surface area contributed by atoms with E-state index >= 15 is 0 Å². The number of nitrogens with zero attached hydrogens (tertiary/aromatic N) is 1. The number of hydrogen-bond donors (Lipinski definition) is 2. The Morgan fingerprint density at radius 3 is 2.00 bits per heavy atom. The number of aliphatic carboxylic acids is 1. The quantitative estimate of drug-likeness (QED) is 0.380. The number of carbonyl (C=O) groups excluding carboxylic acids is 2. The second-order valence-corrected chi connectivity index (χ2v) is 6.99. The van der Waals surface area contributed by atoms with Crippen molar-refractivity contribution in [1.29, 1.82) is 0 Å². The molecule has 0 unspecified atom stereocenters. The predicted molar refractivity (Wildman–Crippen MR) is 112 cm³/mol. The fourth-order valence-corrected chi connectivity index (χ4v) is 3.55. The van der Waals surface area contributed by atoms with Crippen LogP contribution in [0.3, 0.4) is 0 Å². The number of amides is 1. The van der Waals surface area contributed by atoms with Crippen molar-refractivity contribution in [2.45, 2.75) is 18.9 Å². The topological polar surface area (TPSA) is 113 Å². The second kappa shape index (κ2) is 9.34. The van der Waals surface area contributed by atoms with Gasteiger partial charge in [0, 0.05) is 18.5 Å². The van der Waals surface area contributed by atoms with Crippen LogP contribution in [-0.4, -0.2) is 53.5 Å². The van der Waals surface area contributed by atoms with Crippen LogP contribution in [0.1, 0.15) is 30.0 Å². The first kappa shape index (κ1) is 21.9. The first-order chi connectivity index (χ1) is 14.9. The molecule has 1 amide bonds. The van der Waals surface area contributed by atoms with E-state index in [-0.39, 0.29) is 30.7 Å². The minimum Gasteiger partial charge on any atom is -0.507 e. The maximum Gasteiger partial charge on any atom is 0.303 e. The highest BCUT2D eigenvalue weighted by Gasteiger charge is 2.45. The van der Waals surface area contributed by atoms with Gasteiger partial charge in [0.1, 0.15) is 17.3 Å². The van der Waals surface area contributed by atoms with Crippen LogP contribution in [0.4, 0.5) is 0 Å². The van der Waals surface area contributed by atoms with Gasteiger partial charge >= 0.3 is 5.97 Å². The molecule has 8 nitrogen and oxygen atoms in total. The van der Waals surface area contributed by atoms with Gasteiger partial charge in [-0.3, -0.25) is 14.4 Å². The molecule has 8 heteroatoms. The fraction of sp³-hybridized carbons (Fsp3) is 0.261. The highest BCUT2D eigenvalue weighted by Crippen LogP contribution is 2.40. The number of likely N-dealkylation sites (tertiary alicyclic amines) is 1. The molecule has 31 heavy (non-hydrogen) atoms. The van der Waals surface area contributed by atoms with Crippen molar-refractivity contribution >= 4 is 23.4 Å². The number of hydrogen-bond acceptors (Lipinski definition) is 6. The van der Waals surface area contributed by atoms with E-state index in [2.05, 4.69) is 0 Å². The van der Waals surface area contributed by atoms with E-state index in [1.165, 1.54) is 19.1 Å². The summed E-state index contributed by atoms with van der Waals surface area (Å²) in [7, 11) is 3.04. The molecule has 1 atom stereocenters. The number of aliphatic hydroxyl groups is 1. The van der Waals surface area contributed by atoms with E-state index in [0.717, 1.165) is 0 Å². The molecular weight excluding hydrogens is 402 g/mol. The third-order valence-corrected chi connectivity index (χ3v) is 5.12. The molecule has 1 fully saturated rings. The lowest BCUT2D eigenvalue weighted by molar-refractivity contribution is -0.140. The summed E-state index contributed by atoms with van der Waals surface area (Å²) in [6, 6.07) is 12.4. The fourth-order valence-electron chi connectivity index (χ4n) is 3.55. The molecule has 0 aromatic heterocycles. The number of ketones is 1. The van der Waals surface area contributed by atoms with Gasteiger partial charge in [0.05, 0.1) is 25.8 Å². The monoisotopic (exact) mass is 425 g/mol. The van der Waals surface area contributed by atoms with Gasteiger partial charge in [-0.25, -0.2) is 0 Å². The van der Waals surface area contributed by atoms with Crippen LogP contribution in [0.25, 0.3) is 5.76 Å². The summed E-state index contributed by atoms with van der Waals surface area (Å²) in [5, 5.41) is 19.9. The molecule has 0 radical (unpaired) electrons. The molecule has 162 valence electrons. The molecule has 0 aliphatic carbocycles. The lowest BCUT2D eigenvalue weighted by atomic mass is 9.95. The first-order valence-corrected chi connectivity index (χ1v) is 9.66. The summed E-state index contributed by atoms with van der Waals surface area (Å²) in [6.07, 6.45) is 0.0361. The van der Waals surface area contributed by atoms with Crippen LogP contribution in [0.2, 0.25) is 0 Å². The lowest BCUT2D eigenvalue weighted by Crippen LogP contribution is -2.31. The molecule has 0 spiro atoms. The van der Waals surface area contributed by atoms with E-state index in [9.17, 15) is 19.5 Å². The van der Waals surface area contributed by atoms with E-state index in [1.54, 1.807) is 48.5 Å². The SMILES string of the molecule is COc1ccc(C(O)=C2C(=O)C(=O)N(CCCC(=O)O)[C@H]2c2ccc(OC)cc2)cc1. The maximum atomic E-state index is 12.9. The Morgan fingerprint density at radius 2 is 1.48 bits per heavy atom. The van der Waals surface area contributed by atoms with Crippen molar-refractivity contribution in [2.24, 2.45) is 0 Å². The summed E-state index contributed by atoms with van der Waals surface area (Å²) in [4.78, 5) is 37.9. The number of rotatable bonds is 8. The minimum absolute atomic E-state index is 0.0457. The number of aliphatic hydroxyl groups excluding tert-OH is 1. The average molecular weight is 425 g/mol. The molecule has 1 aliphatic rings. The Morgan fingerprint density at radius 1 is 0.935 bits per heavy atom. The standard InChI is InChI=1S/C23H23NO7/c1-30-16-9-5-14(6-10-16)20-19(21(27)15-7-11-17(31-2)12-8-15)22(28)23(29)24(20)13-3-4-18(25)26/h5-12,20,27H,3-4,13H2,1-2H3,(H,25,26)/t20-/m0/s1. The van der Waals surface area contributed by atoms with Crippen molar-refractivity contribution in [3.8, 4) is 11.5 Å². The molecule has 1 aliphatic heterocycles. The number of carboxylic acid groups (broad SMARTS) is 1. The number of benzene rings is 2. The smallest absolute Gasteiger partial charge is 0.303 e. The van der Waals surface area contributed by atoms with E-state index in [4.69, 9.17) is 14.6 Å². The number of carboxylic acids is 1. The Bertz CT molecular complexity index is 1010. The highest BCUT2D eigenvalue weighted by molar-refractivity contribution is 6.46. The summed E-state index contributed by atoms with van der Waals surface area (Å²) < 4.78 is 10.3.